The lowest BCUT2D eigenvalue weighted by Crippen LogP contribution is -2.26. The van der Waals surface area contributed by atoms with Crippen LogP contribution in [0.25, 0.3) is 0 Å². The van der Waals surface area contributed by atoms with Gasteiger partial charge in [0.25, 0.3) is 5.56 Å². The van der Waals surface area contributed by atoms with Gasteiger partial charge in [-0.3, -0.25) is 9.36 Å². The average molecular weight is 271 g/mol. The van der Waals surface area contributed by atoms with Crippen LogP contribution in [0.15, 0.2) is 41.5 Å². The lowest BCUT2D eigenvalue weighted by atomic mass is 9.99. The Bertz CT molecular complexity index is 629. The van der Waals surface area contributed by atoms with Crippen molar-refractivity contribution >= 4 is 0 Å². The third-order valence-electron chi connectivity index (χ3n) is 3.44. The average Bonchev–Trinajstić information content (AvgIpc) is 2.42. The zero-order valence-electron chi connectivity index (χ0n) is 12.2. The number of benzene rings is 1. The number of hydrogen-bond donors (Lipinski definition) is 1. The zero-order valence-corrected chi connectivity index (χ0v) is 12.2. The highest BCUT2D eigenvalue weighted by atomic mass is 16.1. The molecule has 0 aliphatic heterocycles. The lowest BCUT2D eigenvalue weighted by Gasteiger charge is -2.15. The summed E-state index contributed by atoms with van der Waals surface area (Å²) in [4.78, 5) is 15.9. The molecule has 2 aromatic rings. The monoisotopic (exact) mass is 271 g/mol. The van der Waals surface area contributed by atoms with E-state index in [1.807, 2.05) is 12.1 Å². The van der Waals surface area contributed by atoms with Crippen LogP contribution < -0.4 is 11.3 Å². The maximum absolute atomic E-state index is 11.8. The first-order chi connectivity index (χ1) is 9.47. The van der Waals surface area contributed by atoms with Gasteiger partial charge in [0.1, 0.15) is 0 Å². The summed E-state index contributed by atoms with van der Waals surface area (Å²) in [5, 5.41) is 0. The van der Waals surface area contributed by atoms with E-state index in [1.54, 1.807) is 17.8 Å². The summed E-state index contributed by atoms with van der Waals surface area (Å²) >= 11 is 0. The van der Waals surface area contributed by atoms with E-state index in [2.05, 4.69) is 31.0 Å². The van der Waals surface area contributed by atoms with Crippen molar-refractivity contribution in [2.45, 2.75) is 39.3 Å². The maximum Gasteiger partial charge on any atom is 0.253 e. The van der Waals surface area contributed by atoms with Crippen LogP contribution in [0.3, 0.4) is 0 Å². The van der Waals surface area contributed by atoms with E-state index in [0.717, 1.165) is 11.3 Å². The smallest absolute Gasteiger partial charge is 0.253 e. The molecule has 20 heavy (non-hydrogen) atoms. The molecule has 1 heterocycles. The third kappa shape index (κ3) is 3.33. The fraction of sp³-hybridized carbons (Fsp3) is 0.375. The number of hydrogen-bond acceptors (Lipinski definition) is 3. The molecule has 0 aliphatic carbocycles. The molecule has 1 aromatic heterocycles. The molecule has 1 atom stereocenters. The topological polar surface area (TPSA) is 60.9 Å². The minimum Gasteiger partial charge on any atom is -0.322 e. The summed E-state index contributed by atoms with van der Waals surface area (Å²) in [6, 6.07) is 9.57. The maximum atomic E-state index is 11.8. The number of aromatic nitrogens is 2. The Balaban J connectivity index is 2.15. The van der Waals surface area contributed by atoms with Gasteiger partial charge in [-0.2, -0.15) is 0 Å². The van der Waals surface area contributed by atoms with Crippen molar-refractivity contribution in [1.29, 1.82) is 0 Å². The molecule has 0 spiro atoms. The second-order valence-corrected chi connectivity index (χ2v) is 5.45. The molecule has 1 aromatic carbocycles. The van der Waals surface area contributed by atoms with Crippen molar-refractivity contribution in [2.75, 3.05) is 0 Å². The van der Waals surface area contributed by atoms with Gasteiger partial charge in [-0.15, -0.1) is 0 Å². The van der Waals surface area contributed by atoms with E-state index >= 15 is 0 Å². The summed E-state index contributed by atoms with van der Waals surface area (Å²) in [7, 11) is 0. The molecule has 106 valence electrons. The molecule has 0 radical (unpaired) electrons. The van der Waals surface area contributed by atoms with Gasteiger partial charge in [0.2, 0.25) is 0 Å². The second kappa shape index (κ2) is 6.01. The van der Waals surface area contributed by atoms with Crippen LogP contribution in [0.2, 0.25) is 0 Å². The molecule has 4 heteroatoms. The zero-order chi connectivity index (χ0) is 14.7. The van der Waals surface area contributed by atoms with Crippen molar-refractivity contribution in [2.24, 2.45) is 5.73 Å². The van der Waals surface area contributed by atoms with Crippen molar-refractivity contribution in [3.8, 4) is 0 Å². The van der Waals surface area contributed by atoms with Gasteiger partial charge in [-0.05, 0) is 24.0 Å². The molecular formula is C16H21N3O. The summed E-state index contributed by atoms with van der Waals surface area (Å²) < 4.78 is 1.55. The van der Waals surface area contributed by atoms with E-state index in [-0.39, 0.29) is 11.6 Å². The van der Waals surface area contributed by atoms with Gasteiger partial charge >= 0.3 is 0 Å². The quantitative estimate of drug-likeness (QED) is 0.928. The van der Waals surface area contributed by atoms with E-state index in [4.69, 9.17) is 5.73 Å². The van der Waals surface area contributed by atoms with Crippen LogP contribution in [0, 0.1) is 6.92 Å². The minimum absolute atomic E-state index is 0.0632. The standard InChI is InChI=1S/C16H21N3O/c1-11(2)13-4-6-14(7-5-13)15(17)9-19-10-18-12(3)8-16(19)20/h4-8,10-11,15H,9,17H2,1-3H3. The van der Waals surface area contributed by atoms with Gasteiger partial charge in [-0.25, -0.2) is 4.98 Å². The Morgan fingerprint density at radius 2 is 1.80 bits per heavy atom. The number of rotatable bonds is 4. The molecule has 0 saturated heterocycles. The summed E-state index contributed by atoms with van der Waals surface area (Å²) in [5.41, 5.74) is 9.15. The van der Waals surface area contributed by atoms with Crippen LogP contribution >= 0.6 is 0 Å². The van der Waals surface area contributed by atoms with Crippen molar-refractivity contribution in [1.82, 2.24) is 9.55 Å². The number of aryl methyl sites for hydroxylation is 1. The SMILES string of the molecule is Cc1cc(=O)n(CC(N)c2ccc(C(C)C)cc2)cn1. The molecule has 0 bridgehead atoms. The molecule has 2 N–H and O–H groups in total. The molecule has 0 saturated carbocycles. The molecule has 0 aliphatic rings. The lowest BCUT2D eigenvalue weighted by molar-refractivity contribution is 0.552. The number of nitrogens with zero attached hydrogens (tertiary/aromatic N) is 2. The van der Waals surface area contributed by atoms with Gasteiger partial charge in [-0.1, -0.05) is 38.1 Å². The van der Waals surface area contributed by atoms with Crippen LogP contribution in [0.5, 0.6) is 0 Å². The molecule has 1 unspecified atom stereocenters. The highest BCUT2D eigenvalue weighted by Crippen LogP contribution is 2.18. The highest BCUT2D eigenvalue weighted by Gasteiger charge is 2.09. The van der Waals surface area contributed by atoms with Gasteiger partial charge in [0.15, 0.2) is 0 Å². The van der Waals surface area contributed by atoms with E-state index in [0.29, 0.717) is 12.5 Å². The Morgan fingerprint density at radius 1 is 1.20 bits per heavy atom. The summed E-state index contributed by atoms with van der Waals surface area (Å²) in [5.74, 6) is 0.504. The highest BCUT2D eigenvalue weighted by molar-refractivity contribution is 5.26. The van der Waals surface area contributed by atoms with Crippen molar-refractivity contribution < 1.29 is 0 Å². The van der Waals surface area contributed by atoms with Crippen molar-refractivity contribution in [3.05, 3.63) is 63.8 Å². The Morgan fingerprint density at radius 3 is 2.35 bits per heavy atom. The van der Waals surface area contributed by atoms with Gasteiger partial charge < -0.3 is 5.73 Å². The van der Waals surface area contributed by atoms with Crippen LogP contribution in [0.1, 0.15) is 42.6 Å². The van der Waals surface area contributed by atoms with Crippen LogP contribution in [0.4, 0.5) is 0 Å². The molecular weight excluding hydrogens is 250 g/mol. The summed E-state index contributed by atoms with van der Waals surface area (Å²) in [6.07, 6.45) is 1.56. The van der Waals surface area contributed by atoms with Gasteiger partial charge in [0, 0.05) is 24.3 Å². The fourth-order valence-electron chi connectivity index (χ4n) is 2.10. The van der Waals surface area contributed by atoms with E-state index < -0.39 is 0 Å². The first-order valence-corrected chi connectivity index (χ1v) is 6.86. The minimum atomic E-state index is -0.210. The van der Waals surface area contributed by atoms with E-state index in [1.165, 1.54) is 11.6 Å². The second-order valence-electron chi connectivity index (χ2n) is 5.45. The van der Waals surface area contributed by atoms with E-state index in [9.17, 15) is 4.79 Å². The molecule has 0 amide bonds. The first kappa shape index (κ1) is 14.5. The molecule has 0 fully saturated rings. The third-order valence-corrected chi connectivity index (χ3v) is 3.44. The largest absolute Gasteiger partial charge is 0.322 e. The first-order valence-electron chi connectivity index (χ1n) is 6.86. The Kier molecular flexibility index (Phi) is 4.35. The number of nitrogens with two attached hydrogens (primary N) is 1. The molecule has 2 rings (SSSR count). The Hall–Kier alpha value is -1.94. The van der Waals surface area contributed by atoms with Crippen LogP contribution in [-0.4, -0.2) is 9.55 Å². The Labute approximate surface area is 119 Å². The normalized spacial score (nSPS) is 12.7. The fourth-order valence-corrected chi connectivity index (χ4v) is 2.10. The van der Waals surface area contributed by atoms with Gasteiger partial charge in [0.05, 0.1) is 6.33 Å². The van der Waals surface area contributed by atoms with Crippen molar-refractivity contribution in [3.63, 3.8) is 0 Å². The molecule has 4 nitrogen and oxygen atoms in total. The predicted molar refractivity (Wildman–Crippen MR) is 80.7 cm³/mol. The summed E-state index contributed by atoms with van der Waals surface area (Å²) in [6.45, 7) is 6.56. The predicted octanol–water partition coefficient (Wildman–Crippen LogP) is 2.38. The van der Waals surface area contributed by atoms with Crippen LogP contribution in [-0.2, 0) is 6.54 Å².